The molecule has 0 aromatic rings. The van der Waals surface area contributed by atoms with Gasteiger partial charge in [-0.3, -0.25) is 0 Å². The van der Waals surface area contributed by atoms with Gasteiger partial charge in [0.15, 0.2) is 0 Å². The van der Waals surface area contributed by atoms with Gasteiger partial charge in [-0.2, -0.15) is 30.6 Å². The zero-order valence-corrected chi connectivity index (χ0v) is 11.9. The number of sulfonamides is 1. The molecule has 5 nitrogen and oxygen atoms in total. The molecule has 13 heteroatoms. The summed E-state index contributed by atoms with van der Waals surface area (Å²) in [5, 5.41) is -12.5. The van der Waals surface area contributed by atoms with Gasteiger partial charge in [0.1, 0.15) is 0 Å². The molecule has 0 aliphatic carbocycles. The normalized spacial score (nSPS) is 20.0. The fourth-order valence-electron chi connectivity index (χ4n) is 1.72. The van der Waals surface area contributed by atoms with Gasteiger partial charge < -0.3 is 0 Å². The van der Waals surface area contributed by atoms with Crippen molar-refractivity contribution in [2.75, 3.05) is 13.1 Å². The van der Waals surface area contributed by atoms with Crippen LogP contribution in [0, 0.1) is 0 Å². The first-order valence-corrected chi connectivity index (χ1v) is 8.19. The van der Waals surface area contributed by atoms with Gasteiger partial charge in [-0.15, -0.1) is 0 Å². The summed E-state index contributed by atoms with van der Waals surface area (Å²) in [6.45, 7) is -1.05. The topological polar surface area (TPSA) is 71.5 Å². The molecule has 126 valence electrons. The summed E-state index contributed by atoms with van der Waals surface area (Å²) in [7, 11) is -11.4. The molecule has 0 saturated carbocycles. The summed E-state index contributed by atoms with van der Waals surface area (Å²) in [5.74, 6) is -6.59. The average molecular weight is 363 g/mol. The fourth-order valence-corrected chi connectivity index (χ4v) is 3.68. The lowest BCUT2D eigenvalue weighted by Gasteiger charge is -2.34. The van der Waals surface area contributed by atoms with Crippen LogP contribution in [0.25, 0.3) is 0 Å². The third-order valence-corrected chi connectivity index (χ3v) is 5.64. The molecular formula is C8H11F6NO4S2. The van der Waals surface area contributed by atoms with Crippen molar-refractivity contribution < 1.29 is 43.2 Å². The molecule has 1 aliphatic rings. The Morgan fingerprint density at radius 1 is 0.857 bits per heavy atom. The molecule has 1 saturated heterocycles. The predicted molar refractivity (Wildman–Crippen MR) is 59.5 cm³/mol. The summed E-state index contributed by atoms with van der Waals surface area (Å²) in [5.41, 5.74) is 0. The van der Waals surface area contributed by atoms with Gasteiger partial charge in [0.25, 0.3) is 10.0 Å². The molecule has 1 fully saturated rings. The number of thiol groups is 1. The van der Waals surface area contributed by atoms with Crippen molar-refractivity contribution in [3.05, 3.63) is 0 Å². The Bertz CT molecular complexity index is 559. The van der Waals surface area contributed by atoms with E-state index in [-0.39, 0.29) is 17.1 Å². The van der Waals surface area contributed by atoms with Gasteiger partial charge in [0.05, 0.1) is 0 Å². The molecule has 0 spiro atoms. The highest BCUT2D eigenvalue weighted by Gasteiger charge is 2.79. The molecular weight excluding hydrogens is 352 g/mol. The van der Waals surface area contributed by atoms with Gasteiger partial charge in [-0.25, -0.2) is 16.8 Å². The molecule has 0 bridgehead atoms. The number of hydrogen-bond donors (Lipinski definition) is 1. The van der Waals surface area contributed by atoms with E-state index in [0.717, 1.165) is 0 Å². The maximum Gasteiger partial charge on any atom is 0.428 e. The highest BCUT2D eigenvalue weighted by Crippen LogP contribution is 2.49. The van der Waals surface area contributed by atoms with Gasteiger partial charge in [-0.1, -0.05) is 6.42 Å². The summed E-state index contributed by atoms with van der Waals surface area (Å²) < 4.78 is 122. The van der Waals surface area contributed by atoms with Crippen LogP contribution in [0.15, 0.2) is 0 Å². The first-order chi connectivity index (χ1) is 9.30. The third kappa shape index (κ3) is 2.74. The molecule has 1 rings (SSSR count). The molecule has 0 aromatic carbocycles. The van der Waals surface area contributed by atoms with E-state index in [4.69, 9.17) is 0 Å². The van der Waals surface area contributed by atoms with E-state index in [1.165, 1.54) is 0 Å². The maximum atomic E-state index is 13.5. The van der Waals surface area contributed by atoms with Crippen LogP contribution < -0.4 is 0 Å². The average Bonchev–Trinajstić information content (AvgIpc) is 2.38. The number of halogens is 6. The van der Waals surface area contributed by atoms with Gasteiger partial charge in [-0.05, 0) is 12.8 Å². The minimum atomic E-state index is -6.59. The zero-order valence-electron chi connectivity index (χ0n) is 10.2. The second-order valence-electron chi connectivity index (χ2n) is 4.35. The Hall–Kier alpha value is -0.560. The molecule has 0 radical (unpaired) electrons. The van der Waals surface area contributed by atoms with Crippen LogP contribution in [0.4, 0.5) is 26.3 Å². The van der Waals surface area contributed by atoms with E-state index in [9.17, 15) is 43.2 Å². The van der Waals surface area contributed by atoms with E-state index in [2.05, 4.69) is 0 Å². The highest BCUT2D eigenvalue weighted by molar-refractivity contribution is 7.90. The number of rotatable bonds is 5. The van der Waals surface area contributed by atoms with Crippen molar-refractivity contribution in [1.82, 2.24) is 4.31 Å². The first-order valence-electron chi connectivity index (χ1n) is 5.58. The Morgan fingerprint density at radius 3 is 1.67 bits per heavy atom. The quantitative estimate of drug-likeness (QED) is 0.589. The highest BCUT2D eigenvalue weighted by atomic mass is 32.2. The number of nitrogens with zero attached hydrogens (tertiary/aromatic N) is 1. The maximum absolute atomic E-state index is 13.5. The molecule has 0 N–H and O–H groups in total. The Morgan fingerprint density at radius 2 is 1.29 bits per heavy atom. The van der Waals surface area contributed by atoms with E-state index in [1.54, 1.807) is 0 Å². The first kappa shape index (κ1) is 18.5. The van der Waals surface area contributed by atoms with E-state index in [0.29, 0.717) is 6.42 Å². The minimum absolute atomic E-state index is 0.0294. The lowest BCUT2D eigenvalue weighted by atomic mass is 10.2. The van der Waals surface area contributed by atoms with Gasteiger partial charge in [0, 0.05) is 13.1 Å². The molecule has 1 heterocycles. The zero-order chi connectivity index (χ0) is 16.7. The monoisotopic (exact) mass is 363 g/mol. The third-order valence-electron chi connectivity index (χ3n) is 2.95. The van der Waals surface area contributed by atoms with E-state index < -0.39 is 50.2 Å². The van der Waals surface area contributed by atoms with Crippen molar-refractivity contribution >= 4 is 20.7 Å². The SMILES string of the molecule is O=[SH](=O)C(F)(F)C(F)(F)C(F)(F)S(=O)(=O)N1CCCCC1. The Balaban J connectivity index is 3.31. The van der Waals surface area contributed by atoms with Gasteiger partial charge in [0.2, 0.25) is 10.7 Å². The fraction of sp³-hybridized carbons (Fsp3) is 1.00. The lowest BCUT2D eigenvalue weighted by Crippen LogP contribution is -2.61. The summed E-state index contributed by atoms with van der Waals surface area (Å²) in [4.78, 5) is 0. The second-order valence-corrected chi connectivity index (χ2v) is 7.41. The lowest BCUT2D eigenvalue weighted by molar-refractivity contribution is -0.243. The second kappa shape index (κ2) is 5.57. The molecule has 0 aromatic heterocycles. The summed E-state index contributed by atoms with van der Waals surface area (Å²) in [6.07, 6.45) is 0.677. The van der Waals surface area contributed by atoms with Crippen LogP contribution in [0.1, 0.15) is 19.3 Å². The van der Waals surface area contributed by atoms with Crippen molar-refractivity contribution in [3.8, 4) is 0 Å². The van der Waals surface area contributed by atoms with Crippen molar-refractivity contribution in [1.29, 1.82) is 0 Å². The molecule has 21 heavy (non-hydrogen) atoms. The minimum Gasteiger partial charge on any atom is -0.225 e. The number of hydrogen-bond acceptors (Lipinski definition) is 4. The van der Waals surface area contributed by atoms with Crippen LogP contribution in [0.5, 0.6) is 0 Å². The van der Waals surface area contributed by atoms with E-state index in [1.807, 2.05) is 0 Å². The predicted octanol–water partition coefficient (Wildman–Crippen LogP) is 1.23. The number of piperidine rings is 1. The molecule has 0 atom stereocenters. The molecule has 1 aliphatic heterocycles. The van der Waals surface area contributed by atoms with Crippen LogP contribution in [0.2, 0.25) is 0 Å². The number of alkyl halides is 6. The van der Waals surface area contributed by atoms with Crippen molar-refractivity contribution in [2.24, 2.45) is 0 Å². The van der Waals surface area contributed by atoms with E-state index >= 15 is 0 Å². The van der Waals surface area contributed by atoms with Crippen molar-refractivity contribution in [2.45, 2.75) is 35.7 Å². The summed E-state index contributed by atoms with van der Waals surface area (Å²) in [6, 6.07) is 0. The molecule has 0 unspecified atom stereocenters. The summed E-state index contributed by atoms with van der Waals surface area (Å²) >= 11 is 0. The van der Waals surface area contributed by atoms with Crippen molar-refractivity contribution in [3.63, 3.8) is 0 Å². The van der Waals surface area contributed by atoms with Crippen LogP contribution >= 0.6 is 0 Å². The Kier molecular flexibility index (Phi) is 4.91. The smallest absolute Gasteiger partial charge is 0.225 e. The largest absolute Gasteiger partial charge is 0.428 e. The van der Waals surface area contributed by atoms with Crippen LogP contribution in [-0.2, 0) is 20.7 Å². The Labute approximate surface area is 117 Å². The van der Waals surface area contributed by atoms with Gasteiger partial charge >= 0.3 is 16.4 Å². The standard InChI is InChI=1S/C8H11F6NO4S2/c9-6(10,7(11,12)20(16)17)8(13,14)21(18,19)15-4-2-1-3-5-15/h20H,1-5H2. The van der Waals surface area contributed by atoms with Crippen LogP contribution in [-0.4, -0.2) is 50.7 Å². The molecule has 0 amide bonds. The van der Waals surface area contributed by atoms with Crippen LogP contribution in [0.3, 0.4) is 0 Å².